The smallest absolute Gasteiger partial charge is 0.339 e. The van der Waals surface area contributed by atoms with E-state index in [-0.39, 0.29) is 0 Å². The van der Waals surface area contributed by atoms with Crippen LogP contribution >= 0.6 is 0 Å². The van der Waals surface area contributed by atoms with Crippen LogP contribution in [0.4, 0.5) is 17.1 Å². The summed E-state index contributed by atoms with van der Waals surface area (Å²) >= 11 is 0. The molecule has 0 aromatic heterocycles. The first-order valence-corrected chi connectivity index (χ1v) is 7.64. The normalized spacial score (nSPS) is 10.9. The SMILES string of the molecule is O=[N+]([O-])c1cccc(S(=O)(=O)Oc2ccc([N+](=O)[O-])cc2[N+](=O)[O-])c1. The molecule has 2 rings (SSSR count). The zero-order valence-corrected chi connectivity index (χ0v) is 12.8. The average Bonchev–Trinajstić information content (AvgIpc) is 2.54. The number of rotatable bonds is 6. The Kier molecular flexibility index (Phi) is 4.60. The number of nitro groups is 3. The molecule has 12 nitrogen and oxygen atoms in total. The van der Waals surface area contributed by atoms with Crippen molar-refractivity contribution >= 4 is 27.2 Å². The monoisotopic (exact) mass is 369 g/mol. The second kappa shape index (κ2) is 6.48. The molecular weight excluding hydrogens is 362 g/mol. The molecule has 0 bridgehead atoms. The lowest BCUT2D eigenvalue weighted by Crippen LogP contribution is -2.11. The topological polar surface area (TPSA) is 173 Å². The Morgan fingerprint density at radius 1 is 0.800 bits per heavy atom. The fourth-order valence-corrected chi connectivity index (χ4v) is 2.74. The first-order chi connectivity index (χ1) is 11.6. The minimum Gasteiger partial charge on any atom is -0.372 e. The van der Waals surface area contributed by atoms with Crippen molar-refractivity contribution in [3.05, 3.63) is 72.8 Å². The van der Waals surface area contributed by atoms with Gasteiger partial charge in [-0.3, -0.25) is 30.3 Å². The van der Waals surface area contributed by atoms with E-state index in [4.69, 9.17) is 0 Å². The summed E-state index contributed by atoms with van der Waals surface area (Å²) < 4.78 is 29.0. The van der Waals surface area contributed by atoms with Crippen LogP contribution < -0.4 is 4.18 Å². The Morgan fingerprint density at radius 3 is 1.96 bits per heavy atom. The summed E-state index contributed by atoms with van der Waals surface area (Å²) in [4.78, 5) is 29.0. The molecule has 0 spiro atoms. The predicted molar refractivity (Wildman–Crippen MR) is 80.7 cm³/mol. The zero-order chi connectivity index (χ0) is 18.8. The Labute approximate surface area is 138 Å². The molecule has 0 atom stereocenters. The highest BCUT2D eigenvalue weighted by Crippen LogP contribution is 2.33. The summed E-state index contributed by atoms with van der Waals surface area (Å²) in [5.74, 6) is -0.762. The van der Waals surface area contributed by atoms with E-state index in [0.717, 1.165) is 30.3 Å². The molecule has 0 heterocycles. The zero-order valence-electron chi connectivity index (χ0n) is 12.0. The fourth-order valence-electron chi connectivity index (χ4n) is 1.75. The molecule has 0 fully saturated rings. The quantitative estimate of drug-likeness (QED) is 0.420. The molecule has 0 N–H and O–H groups in total. The highest BCUT2D eigenvalue weighted by Gasteiger charge is 2.27. The highest BCUT2D eigenvalue weighted by molar-refractivity contribution is 7.87. The molecule has 25 heavy (non-hydrogen) atoms. The van der Waals surface area contributed by atoms with Crippen molar-refractivity contribution in [3.63, 3.8) is 0 Å². The molecule has 2 aromatic carbocycles. The number of nitrogens with zero attached hydrogens (tertiary/aromatic N) is 3. The summed E-state index contributed by atoms with van der Waals surface area (Å²) in [6, 6.07) is 5.98. The number of benzene rings is 2. The third-order valence-electron chi connectivity index (χ3n) is 2.87. The second-order valence-corrected chi connectivity index (χ2v) is 6.00. The molecule has 0 aliphatic rings. The van der Waals surface area contributed by atoms with Crippen molar-refractivity contribution in [3.8, 4) is 5.75 Å². The standard InChI is InChI=1S/C12H7N3O9S/c16-13(17)8-2-1-3-10(6-8)25(22,23)24-12-5-4-9(14(18)19)7-11(12)15(20)21/h1-7H. The van der Waals surface area contributed by atoms with E-state index >= 15 is 0 Å². The van der Waals surface area contributed by atoms with Crippen molar-refractivity contribution < 1.29 is 27.4 Å². The van der Waals surface area contributed by atoms with Crippen molar-refractivity contribution in [1.29, 1.82) is 0 Å². The first-order valence-electron chi connectivity index (χ1n) is 6.23. The minimum atomic E-state index is -4.64. The Balaban J connectivity index is 2.47. The molecular formula is C12H7N3O9S. The van der Waals surface area contributed by atoms with Gasteiger partial charge in [-0.15, -0.1) is 0 Å². The van der Waals surface area contributed by atoms with Crippen molar-refractivity contribution in [2.75, 3.05) is 0 Å². The van der Waals surface area contributed by atoms with Crippen LogP contribution in [0, 0.1) is 30.3 Å². The van der Waals surface area contributed by atoms with Crippen LogP contribution in [0.3, 0.4) is 0 Å². The molecule has 0 aliphatic carbocycles. The summed E-state index contributed by atoms with van der Waals surface area (Å²) in [6.45, 7) is 0. The van der Waals surface area contributed by atoms with Gasteiger partial charge in [0.2, 0.25) is 5.75 Å². The molecule has 0 unspecified atom stereocenters. The summed E-state index contributed by atoms with van der Waals surface area (Å²) in [5, 5.41) is 32.3. The van der Waals surface area contributed by atoms with Crippen LogP contribution in [0.5, 0.6) is 5.75 Å². The van der Waals surface area contributed by atoms with Crippen LogP contribution in [0.15, 0.2) is 47.4 Å². The molecule has 13 heteroatoms. The van der Waals surface area contributed by atoms with Gasteiger partial charge >= 0.3 is 15.8 Å². The molecule has 0 saturated carbocycles. The number of hydrogen-bond donors (Lipinski definition) is 0. The summed E-state index contributed by atoms with van der Waals surface area (Å²) in [6.07, 6.45) is 0. The van der Waals surface area contributed by atoms with Gasteiger partial charge in [0.1, 0.15) is 4.90 Å². The van der Waals surface area contributed by atoms with Crippen LogP contribution in [0.1, 0.15) is 0 Å². The number of non-ortho nitro benzene ring substituents is 2. The van der Waals surface area contributed by atoms with E-state index in [1.807, 2.05) is 0 Å². The van der Waals surface area contributed by atoms with E-state index in [0.29, 0.717) is 12.1 Å². The van der Waals surface area contributed by atoms with E-state index < -0.39 is 52.6 Å². The summed E-state index contributed by atoms with van der Waals surface area (Å²) in [5.41, 5.74) is -2.10. The maximum atomic E-state index is 12.2. The summed E-state index contributed by atoms with van der Waals surface area (Å²) in [7, 11) is -4.64. The van der Waals surface area contributed by atoms with Gasteiger partial charge in [-0.2, -0.15) is 8.42 Å². The van der Waals surface area contributed by atoms with E-state index in [1.165, 1.54) is 0 Å². The first kappa shape index (κ1) is 17.7. The third-order valence-corrected chi connectivity index (χ3v) is 4.10. The Bertz CT molecular complexity index is 987. The van der Waals surface area contributed by atoms with Gasteiger partial charge in [-0.25, -0.2) is 0 Å². The molecule has 0 radical (unpaired) electrons. The van der Waals surface area contributed by atoms with E-state index in [2.05, 4.69) is 4.18 Å². The minimum absolute atomic E-state index is 0.525. The van der Waals surface area contributed by atoms with Crippen molar-refractivity contribution in [1.82, 2.24) is 0 Å². The molecule has 0 aliphatic heterocycles. The Morgan fingerprint density at radius 2 is 1.40 bits per heavy atom. The predicted octanol–water partition coefficient (Wildman–Crippen LogP) is 2.18. The van der Waals surface area contributed by atoms with Gasteiger partial charge in [0.05, 0.1) is 20.8 Å². The van der Waals surface area contributed by atoms with Crippen LogP contribution in [0.25, 0.3) is 0 Å². The number of hydrogen-bond acceptors (Lipinski definition) is 9. The van der Waals surface area contributed by atoms with Gasteiger partial charge in [0.25, 0.3) is 11.4 Å². The van der Waals surface area contributed by atoms with E-state index in [1.54, 1.807) is 0 Å². The van der Waals surface area contributed by atoms with Crippen LogP contribution in [0.2, 0.25) is 0 Å². The van der Waals surface area contributed by atoms with Gasteiger partial charge in [0.15, 0.2) is 0 Å². The van der Waals surface area contributed by atoms with Crippen molar-refractivity contribution in [2.24, 2.45) is 0 Å². The average molecular weight is 369 g/mol. The van der Waals surface area contributed by atoms with Gasteiger partial charge in [-0.05, 0) is 12.1 Å². The fraction of sp³-hybridized carbons (Fsp3) is 0. The molecule has 0 amide bonds. The molecule has 0 saturated heterocycles. The lowest BCUT2D eigenvalue weighted by atomic mass is 10.2. The van der Waals surface area contributed by atoms with Crippen LogP contribution in [-0.4, -0.2) is 23.2 Å². The van der Waals surface area contributed by atoms with Crippen LogP contribution in [-0.2, 0) is 10.1 Å². The maximum absolute atomic E-state index is 12.2. The largest absolute Gasteiger partial charge is 0.372 e. The van der Waals surface area contributed by atoms with E-state index in [9.17, 15) is 38.8 Å². The van der Waals surface area contributed by atoms with Gasteiger partial charge in [0, 0.05) is 18.2 Å². The van der Waals surface area contributed by atoms with Gasteiger partial charge < -0.3 is 4.18 Å². The highest BCUT2D eigenvalue weighted by atomic mass is 32.2. The third kappa shape index (κ3) is 3.84. The molecule has 2 aromatic rings. The lowest BCUT2D eigenvalue weighted by molar-refractivity contribution is -0.394. The number of nitro benzene ring substituents is 3. The Hall–Kier alpha value is -3.61. The van der Waals surface area contributed by atoms with Gasteiger partial charge in [-0.1, -0.05) is 6.07 Å². The second-order valence-electron chi connectivity index (χ2n) is 4.46. The van der Waals surface area contributed by atoms with Crippen molar-refractivity contribution in [2.45, 2.75) is 4.90 Å². The maximum Gasteiger partial charge on any atom is 0.339 e. The lowest BCUT2D eigenvalue weighted by Gasteiger charge is -2.07. The molecule has 130 valence electrons.